The lowest BCUT2D eigenvalue weighted by atomic mass is 9.99. The number of aromatic nitrogens is 5. The van der Waals surface area contributed by atoms with Crippen LogP contribution in [0.4, 0.5) is 17.1 Å². The van der Waals surface area contributed by atoms with Gasteiger partial charge >= 0.3 is 0 Å². The zero-order valence-corrected chi connectivity index (χ0v) is 48.3. The van der Waals surface area contributed by atoms with E-state index in [0.717, 1.165) is 105 Å². The maximum absolute atomic E-state index is 8.30. The highest BCUT2D eigenvalue weighted by atomic mass is 32.1. The molecule has 0 radical (unpaired) electrons. The van der Waals surface area contributed by atoms with E-state index in [9.17, 15) is 0 Å². The summed E-state index contributed by atoms with van der Waals surface area (Å²) >= 11 is 3.58. The molecule has 88 heavy (non-hydrogen) atoms. The van der Waals surface area contributed by atoms with E-state index in [0.29, 0.717) is 34.5 Å². The van der Waals surface area contributed by atoms with Gasteiger partial charge < -0.3 is 9.13 Å². The third-order valence-corrected chi connectivity index (χ3v) is 19.3. The molecule has 0 saturated carbocycles. The predicted molar refractivity (Wildman–Crippen MR) is 366 cm³/mol. The Balaban J connectivity index is 0.968. The van der Waals surface area contributed by atoms with Gasteiger partial charge in [-0.2, -0.15) is 0 Å². The lowest BCUT2D eigenvalue weighted by molar-refractivity contribution is 1.06. The van der Waals surface area contributed by atoms with E-state index in [4.69, 9.17) is 34.7 Å². The molecule has 8 nitrogen and oxygen atoms in total. The van der Waals surface area contributed by atoms with E-state index >= 15 is 0 Å². The minimum atomic E-state index is 0.449. The quantitative estimate of drug-likeness (QED) is 0.142. The Morgan fingerprint density at radius 1 is 0.273 bits per heavy atom. The summed E-state index contributed by atoms with van der Waals surface area (Å²) in [6.07, 6.45) is 0. The van der Waals surface area contributed by atoms with Crippen LogP contribution in [0.1, 0.15) is 0 Å². The largest absolute Gasteiger partial charge is 0.308 e. The second kappa shape index (κ2) is 20.2. The van der Waals surface area contributed by atoms with E-state index in [1.54, 1.807) is 22.7 Å². The van der Waals surface area contributed by atoms with Crippen molar-refractivity contribution in [2.45, 2.75) is 0 Å². The van der Waals surface area contributed by atoms with Crippen LogP contribution in [0.2, 0.25) is 0 Å². The van der Waals surface area contributed by atoms with E-state index in [1.165, 1.54) is 40.3 Å². The lowest BCUT2D eigenvalue weighted by Crippen LogP contribution is -2.06. The van der Waals surface area contributed by atoms with Crippen molar-refractivity contribution in [1.29, 1.82) is 0 Å². The summed E-state index contributed by atoms with van der Waals surface area (Å²) < 4.78 is 9.51. The molecule has 5 aromatic heterocycles. The molecule has 12 aromatic carbocycles. The maximum atomic E-state index is 8.30. The Hall–Kier alpha value is -11.8. The number of para-hydroxylation sites is 4. The van der Waals surface area contributed by atoms with Crippen LogP contribution in [0, 0.1) is 19.7 Å². The van der Waals surface area contributed by atoms with Gasteiger partial charge in [0.05, 0.1) is 53.2 Å². The molecule has 406 valence electrons. The third kappa shape index (κ3) is 8.04. The minimum absolute atomic E-state index is 0.449. The van der Waals surface area contributed by atoms with Gasteiger partial charge in [0.25, 0.3) is 0 Å². The zero-order chi connectivity index (χ0) is 58.6. The van der Waals surface area contributed by atoms with Gasteiger partial charge in [0.1, 0.15) is 0 Å². The molecule has 0 atom stereocenters. The molecular weight excluding hydrogens is 1110 g/mol. The third-order valence-electron chi connectivity index (χ3n) is 17.1. The van der Waals surface area contributed by atoms with E-state index in [-0.39, 0.29) is 0 Å². The maximum Gasteiger partial charge on any atom is 0.194 e. The first-order valence-electron chi connectivity index (χ1n) is 28.7. The average molecular weight is 1160 g/mol. The van der Waals surface area contributed by atoms with Crippen LogP contribution in [0.5, 0.6) is 0 Å². The van der Waals surface area contributed by atoms with Crippen molar-refractivity contribution < 1.29 is 0 Å². The Morgan fingerprint density at radius 3 is 1.23 bits per heavy atom. The zero-order valence-electron chi connectivity index (χ0n) is 46.6. The van der Waals surface area contributed by atoms with Crippen LogP contribution in [0.15, 0.2) is 255 Å². The molecule has 0 fully saturated rings. The van der Waals surface area contributed by atoms with E-state index < -0.39 is 0 Å². The summed E-state index contributed by atoms with van der Waals surface area (Å²) in [6, 6.07) is 88.0. The van der Waals surface area contributed by atoms with Crippen LogP contribution < -0.4 is 0 Å². The monoisotopic (exact) mass is 1150 g/mol. The first kappa shape index (κ1) is 50.7. The van der Waals surface area contributed by atoms with Crippen molar-refractivity contribution in [3.8, 4) is 78.9 Å². The molecule has 0 N–H and O–H groups in total. The summed E-state index contributed by atoms with van der Waals surface area (Å²) in [5, 5.41) is 9.33. The first-order chi connectivity index (χ1) is 43.5. The number of hydrogen-bond donors (Lipinski definition) is 0. The summed E-state index contributed by atoms with van der Waals surface area (Å²) in [6.45, 7) is 24.3. The van der Waals surface area contributed by atoms with E-state index in [1.807, 2.05) is 84.9 Å². The second-order valence-electron chi connectivity index (χ2n) is 21.9. The van der Waals surface area contributed by atoms with Gasteiger partial charge in [0.15, 0.2) is 34.5 Å². The summed E-state index contributed by atoms with van der Waals surface area (Å²) in [5.41, 5.74) is 15.0. The number of rotatable bonds is 8. The van der Waals surface area contributed by atoms with Crippen LogP contribution in [0.25, 0.3) is 177 Å². The Kier molecular flexibility index (Phi) is 11.6. The molecule has 0 aliphatic heterocycles. The van der Waals surface area contributed by atoms with Crippen LogP contribution >= 0.6 is 22.7 Å². The van der Waals surface area contributed by atoms with Crippen molar-refractivity contribution in [2.75, 3.05) is 0 Å². The number of nitrogens with zero attached hydrogens (tertiary/aromatic N) is 8. The lowest BCUT2D eigenvalue weighted by Gasteiger charge is -2.18. The minimum Gasteiger partial charge on any atom is -0.308 e. The van der Waals surface area contributed by atoms with Gasteiger partial charge in [0.2, 0.25) is 0 Å². The summed E-state index contributed by atoms with van der Waals surface area (Å²) in [5.74, 6) is 1.36. The molecule has 5 heterocycles. The topological polar surface area (TPSA) is 61.6 Å². The molecule has 0 aliphatic rings. The first-order valence-corrected chi connectivity index (χ1v) is 30.4. The second-order valence-corrected chi connectivity index (χ2v) is 24.1. The fourth-order valence-corrected chi connectivity index (χ4v) is 15.2. The van der Waals surface area contributed by atoms with Gasteiger partial charge in [-0.15, -0.1) is 22.7 Å². The Bertz CT molecular complexity index is 5630. The smallest absolute Gasteiger partial charge is 0.194 e. The van der Waals surface area contributed by atoms with Crippen LogP contribution in [0.3, 0.4) is 0 Å². The molecular formula is C78H42N8S2. The molecule has 0 bridgehead atoms. The van der Waals surface area contributed by atoms with Gasteiger partial charge in [-0.05, 0) is 112 Å². The van der Waals surface area contributed by atoms with Crippen molar-refractivity contribution in [2.24, 2.45) is 0 Å². The van der Waals surface area contributed by atoms with Crippen LogP contribution in [-0.4, -0.2) is 24.1 Å². The van der Waals surface area contributed by atoms with Crippen LogP contribution in [-0.2, 0) is 0 Å². The van der Waals surface area contributed by atoms with Crippen molar-refractivity contribution >= 4 is 124 Å². The number of benzene rings is 12. The van der Waals surface area contributed by atoms with Gasteiger partial charge in [-0.1, -0.05) is 176 Å². The number of fused-ring (bicyclic) bond motifs is 12. The van der Waals surface area contributed by atoms with Gasteiger partial charge in [-0.25, -0.2) is 29.5 Å². The predicted octanol–water partition coefficient (Wildman–Crippen LogP) is 22.5. The average Bonchev–Trinajstić information content (AvgIpc) is 1.65. The molecule has 0 spiro atoms. The standard InChI is InChI=1S/C78H42N8S2/c1-79-51-18-16-17-48(39-51)46-31-33-47(34-32-46)76-82-77(58-37-35-49(52-19-4-10-25-64(52)80-2)40-68(58)85-66-27-12-6-21-54(66)60-42-62-56-23-8-14-29-72(56)87-74(62)44-70(60)85)84-78(83-76)59-38-36-50(53-20-5-11-26-65(53)81-3)41-69(59)86-67-28-13-7-22-55(67)61-43-63-57-24-9-15-30-73(57)88-75(63)45-71(61)86/h4-45H. The van der Waals surface area contributed by atoms with Crippen molar-refractivity contribution in [1.82, 2.24) is 24.1 Å². The Labute approximate surface area is 512 Å². The van der Waals surface area contributed by atoms with Crippen molar-refractivity contribution in [3.05, 3.63) is 289 Å². The van der Waals surface area contributed by atoms with Crippen molar-refractivity contribution in [3.63, 3.8) is 0 Å². The Morgan fingerprint density at radius 2 is 0.716 bits per heavy atom. The molecule has 0 aliphatic carbocycles. The highest BCUT2D eigenvalue weighted by Gasteiger charge is 2.25. The normalized spacial score (nSPS) is 11.6. The molecule has 17 aromatic rings. The fourth-order valence-electron chi connectivity index (χ4n) is 13.0. The summed E-state index contributed by atoms with van der Waals surface area (Å²) in [7, 11) is 0. The SMILES string of the molecule is [C-]#[N+]c1cccc(-c2ccc(-c3nc(-c4ccc(-c5ccccc5[N+]#[C-])cc4-n4c5ccccc5c5cc6c(cc54)sc4ccccc46)nc(-c4ccc(-c5ccccc5[N+]#[C-])cc4-n4c5ccccc5c5cc6c(cc54)sc4ccccc46)n3)cc2)c1. The highest BCUT2D eigenvalue weighted by Crippen LogP contribution is 2.47. The van der Waals surface area contributed by atoms with Gasteiger partial charge in [0, 0.05) is 78.6 Å². The highest BCUT2D eigenvalue weighted by molar-refractivity contribution is 7.26. The number of thiophene rings is 2. The summed E-state index contributed by atoms with van der Waals surface area (Å²) in [4.78, 5) is 28.5. The molecule has 0 saturated heterocycles. The molecule has 10 heteroatoms. The molecule has 0 unspecified atom stereocenters. The van der Waals surface area contributed by atoms with Gasteiger partial charge in [-0.3, -0.25) is 0 Å². The van der Waals surface area contributed by atoms with E-state index in [2.05, 4.69) is 194 Å². The molecule has 0 amide bonds. The number of hydrogen-bond acceptors (Lipinski definition) is 5. The molecule has 17 rings (SSSR count). The fraction of sp³-hybridized carbons (Fsp3) is 0.